The zero-order chi connectivity index (χ0) is 18.4. The van der Waals surface area contributed by atoms with Gasteiger partial charge in [0.15, 0.2) is 0 Å². The zero-order valence-corrected chi connectivity index (χ0v) is 14.8. The Morgan fingerprint density at radius 2 is 1.88 bits per heavy atom. The number of benzene rings is 1. The Balaban J connectivity index is 1.91. The Hall–Kier alpha value is -2.75. The Morgan fingerprint density at radius 1 is 1.20 bits per heavy atom. The van der Waals surface area contributed by atoms with Crippen LogP contribution in [0.25, 0.3) is 0 Å². The summed E-state index contributed by atoms with van der Waals surface area (Å²) >= 11 is 0. The van der Waals surface area contributed by atoms with Gasteiger partial charge in [0.2, 0.25) is 0 Å². The number of carbonyl (C=O) groups excluding carboxylic acids is 2. The molecule has 1 aromatic carbocycles. The van der Waals surface area contributed by atoms with E-state index in [1.54, 1.807) is 20.8 Å². The van der Waals surface area contributed by atoms with Crippen LogP contribution in [0.3, 0.4) is 0 Å². The van der Waals surface area contributed by atoms with E-state index < -0.39 is 23.8 Å². The third kappa shape index (κ3) is 5.38. The van der Waals surface area contributed by atoms with Crippen molar-refractivity contribution in [3.63, 3.8) is 0 Å². The van der Waals surface area contributed by atoms with Gasteiger partial charge < -0.3 is 14.4 Å². The molecule has 1 heterocycles. The molecular formula is C18H23N3O4. The molecule has 0 radical (unpaired) electrons. The molecule has 7 heteroatoms. The summed E-state index contributed by atoms with van der Waals surface area (Å²) < 4.78 is 10.6. The molecule has 134 valence electrons. The van der Waals surface area contributed by atoms with Gasteiger partial charge in [0.1, 0.15) is 18.2 Å². The highest BCUT2D eigenvalue weighted by Crippen LogP contribution is 2.16. The van der Waals surface area contributed by atoms with Crippen molar-refractivity contribution in [1.82, 2.24) is 9.80 Å². The van der Waals surface area contributed by atoms with Gasteiger partial charge in [-0.3, -0.25) is 4.90 Å². The average molecular weight is 345 g/mol. The molecule has 0 N–H and O–H groups in total. The largest absolute Gasteiger partial charge is 0.445 e. The smallest absolute Gasteiger partial charge is 0.411 e. The van der Waals surface area contributed by atoms with Crippen LogP contribution in [0.4, 0.5) is 9.59 Å². The first-order chi connectivity index (χ1) is 11.8. The van der Waals surface area contributed by atoms with E-state index >= 15 is 0 Å². The van der Waals surface area contributed by atoms with Gasteiger partial charge in [0.05, 0.1) is 12.6 Å². The predicted octanol–water partition coefficient (Wildman–Crippen LogP) is 2.77. The monoisotopic (exact) mass is 345 g/mol. The van der Waals surface area contributed by atoms with Crippen LogP contribution in [0.5, 0.6) is 0 Å². The van der Waals surface area contributed by atoms with Crippen LogP contribution >= 0.6 is 0 Å². The van der Waals surface area contributed by atoms with Gasteiger partial charge in [-0.05, 0) is 26.3 Å². The van der Waals surface area contributed by atoms with Crippen molar-refractivity contribution in [2.75, 3.05) is 19.6 Å². The van der Waals surface area contributed by atoms with Gasteiger partial charge in [0, 0.05) is 13.1 Å². The lowest BCUT2D eigenvalue weighted by molar-refractivity contribution is 0.00445. The van der Waals surface area contributed by atoms with E-state index in [0.29, 0.717) is 6.54 Å². The molecule has 7 nitrogen and oxygen atoms in total. The van der Waals surface area contributed by atoms with Gasteiger partial charge in [-0.2, -0.15) is 5.26 Å². The molecule has 0 saturated carbocycles. The molecule has 2 amide bonds. The fraction of sp³-hybridized carbons (Fsp3) is 0.500. The second-order valence-electron chi connectivity index (χ2n) is 6.80. The molecule has 1 aromatic rings. The summed E-state index contributed by atoms with van der Waals surface area (Å²) in [7, 11) is 0. The zero-order valence-electron chi connectivity index (χ0n) is 14.8. The van der Waals surface area contributed by atoms with Crippen molar-refractivity contribution in [2.45, 2.75) is 39.0 Å². The maximum absolute atomic E-state index is 12.2. The molecule has 1 unspecified atom stereocenters. The molecular weight excluding hydrogens is 322 g/mol. The minimum atomic E-state index is -0.757. The minimum absolute atomic E-state index is 0.101. The van der Waals surface area contributed by atoms with Crippen LogP contribution < -0.4 is 0 Å². The number of rotatable bonds is 2. The molecule has 1 fully saturated rings. The molecule has 1 saturated heterocycles. The van der Waals surface area contributed by atoms with E-state index in [-0.39, 0.29) is 19.7 Å². The Kier molecular flexibility index (Phi) is 5.86. The van der Waals surface area contributed by atoms with Gasteiger partial charge in [0.25, 0.3) is 0 Å². The topological polar surface area (TPSA) is 82.9 Å². The Bertz CT molecular complexity index is 649. The summed E-state index contributed by atoms with van der Waals surface area (Å²) in [6, 6.07) is 10.7. The van der Waals surface area contributed by atoms with Gasteiger partial charge in [-0.15, -0.1) is 0 Å². The van der Waals surface area contributed by atoms with Crippen molar-refractivity contribution in [2.24, 2.45) is 0 Å². The summed E-state index contributed by atoms with van der Waals surface area (Å²) in [6.07, 6.45) is -1.04. The first-order valence-electron chi connectivity index (χ1n) is 8.15. The maximum Gasteiger partial charge on any atom is 0.411 e. The Morgan fingerprint density at radius 3 is 2.48 bits per heavy atom. The second-order valence-corrected chi connectivity index (χ2v) is 6.80. The number of amides is 2. The first-order valence-corrected chi connectivity index (χ1v) is 8.15. The summed E-state index contributed by atoms with van der Waals surface area (Å²) in [4.78, 5) is 27.2. The molecule has 0 aromatic heterocycles. The van der Waals surface area contributed by atoms with Gasteiger partial charge in [-0.1, -0.05) is 30.3 Å². The molecule has 0 aliphatic carbocycles. The highest BCUT2D eigenvalue weighted by molar-refractivity contribution is 5.71. The number of hydrogen-bond donors (Lipinski definition) is 0. The summed E-state index contributed by atoms with van der Waals surface area (Å²) in [5, 5.41) is 9.34. The van der Waals surface area contributed by atoms with Crippen LogP contribution in [0, 0.1) is 11.3 Å². The number of carbonyl (C=O) groups is 2. The van der Waals surface area contributed by atoms with E-state index in [1.807, 2.05) is 30.3 Å². The summed E-state index contributed by atoms with van der Waals surface area (Å²) in [5.41, 5.74) is 0.253. The number of piperazine rings is 1. The number of nitrogens with zero attached hydrogens (tertiary/aromatic N) is 3. The first kappa shape index (κ1) is 18.6. The van der Waals surface area contributed by atoms with Crippen molar-refractivity contribution >= 4 is 12.2 Å². The van der Waals surface area contributed by atoms with E-state index in [1.165, 1.54) is 9.80 Å². The SMILES string of the molecule is CC(C)(C)OC(=O)N1CCN(C(=O)OCc2ccccc2)CC1C#N. The van der Waals surface area contributed by atoms with Crippen molar-refractivity contribution in [3.05, 3.63) is 35.9 Å². The van der Waals surface area contributed by atoms with Crippen LogP contribution in [0.15, 0.2) is 30.3 Å². The quantitative estimate of drug-likeness (QED) is 0.823. The van der Waals surface area contributed by atoms with Crippen LogP contribution in [0.2, 0.25) is 0 Å². The van der Waals surface area contributed by atoms with E-state index in [4.69, 9.17) is 9.47 Å². The lowest BCUT2D eigenvalue weighted by Crippen LogP contribution is -2.56. The summed E-state index contributed by atoms with van der Waals surface area (Å²) in [5.74, 6) is 0. The predicted molar refractivity (Wildman–Crippen MR) is 90.5 cm³/mol. The van der Waals surface area contributed by atoms with E-state index in [9.17, 15) is 14.9 Å². The highest BCUT2D eigenvalue weighted by atomic mass is 16.6. The van der Waals surface area contributed by atoms with Crippen molar-refractivity contribution < 1.29 is 19.1 Å². The van der Waals surface area contributed by atoms with Crippen molar-refractivity contribution in [3.8, 4) is 6.07 Å². The number of hydrogen-bond acceptors (Lipinski definition) is 5. The molecule has 25 heavy (non-hydrogen) atoms. The highest BCUT2D eigenvalue weighted by Gasteiger charge is 2.35. The molecule has 1 aliphatic heterocycles. The van der Waals surface area contributed by atoms with Gasteiger partial charge >= 0.3 is 12.2 Å². The lowest BCUT2D eigenvalue weighted by Gasteiger charge is -2.38. The molecule has 0 bridgehead atoms. The second kappa shape index (κ2) is 7.88. The van der Waals surface area contributed by atoms with Crippen LogP contribution in [0.1, 0.15) is 26.3 Å². The van der Waals surface area contributed by atoms with Crippen LogP contribution in [-0.2, 0) is 16.1 Å². The maximum atomic E-state index is 12.2. The van der Waals surface area contributed by atoms with Crippen LogP contribution in [-0.4, -0.2) is 53.3 Å². The molecule has 1 aliphatic rings. The summed E-state index contributed by atoms with van der Waals surface area (Å²) in [6.45, 7) is 6.10. The van der Waals surface area contributed by atoms with E-state index in [2.05, 4.69) is 6.07 Å². The number of ether oxygens (including phenoxy) is 2. The Labute approximate surface area is 147 Å². The molecule has 2 rings (SSSR count). The van der Waals surface area contributed by atoms with E-state index in [0.717, 1.165) is 5.56 Å². The van der Waals surface area contributed by atoms with Crippen molar-refractivity contribution in [1.29, 1.82) is 5.26 Å². The molecule has 1 atom stereocenters. The normalized spacial score (nSPS) is 17.6. The average Bonchev–Trinajstić information content (AvgIpc) is 2.58. The molecule has 0 spiro atoms. The van der Waals surface area contributed by atoms with Gasteiger partial charge in [-0.25, -0.2) is 9.59 Å². The standard InChI is InChI=1S/C18H23N3O4/c1-18(2,3)25-17(23)21-10-9-20(12-15(21)11-19)16(22)24-13-14-7-5-4-6-8-14/h4-8,15H,9-10,12-13H2,1-3H3. The minimum Gasteiger partial charge on any atom is -0.445 e. The third-order valence-corrected chi connectivity index (χ3v) is 3.62. The fourth-order valence-electron chi connectivity index (χ4n) is 2.41. The fourth-order valence-corrected chi connectivity index (χ4v) is 2.41. The third-order valence-electron chi connectivity index (χ3n) is 3.62. The lowest BCUT2D eigenvalue weighted by atomic mass is 10.2. The number of nitriles is 1.